The van der Waals surface area contributed by atoms with Crippen LogP contribution in [0, 0.1) is 5.92 Å². The maximum Gasteiger partial charge on any atom is 0.393 e. The second kappa shape index (κ2) is 6.55. The summed E-state index contributed by atoms with van der Waals surface area (Å²) in [5, 5.41) is -0.329. The lowest BCUT2D eigenvalue weighted by Crippen LogP contribution is -2.37. The molecule has 0 radical (unpaired) electrons. The third-order valence-corrected chi connectivity index (χ3v) is 7.47. The third-order valence-electron chi connectivity index (χ3n) is 5.24. The zero-order valence-electron chi connectivity index (χ0n) is 14.3. The predicted octanol–water partition coefficient (Wildman–Crippen LogP) is 1.95. The number of fused-ring (bicyclic) bond motifs is 1. The van der Waals surface area contributed by atoms with Gasteiger partial charge in [0.05, 0.1) is 17.4 Å². The Kier molecular flexibility index (Phi) is 4.89. The van der Waals surface area contributed by atoms with Crippen molar-refractivity contribution in [3.8, 4) is 0 Å². The Hall–Kier alpha value is -1.12. The molecule has 2 aliphatic rings. The molecular formula is C17H23F3N2O2S. The van der Waals surface area contributed by atoms with E-state index in [2.05, 4.69) is 4.90 Å². The van der Waals surface area contributed by atoms with Gasteiger partial charge in [0.1, 0.15) is 0 Å². The minimum absolute atomic E-state index is 0.0363. The second-order valence-corrected chi connectivity index (χ2v) is 9.63. The van der Waals surface area contributed by atoms with Gasteiger partial charge in [-0.15, -0.1) is 0 Å². The minimum atomic E-state index is -4.20. The summed E-state index contributed by atoms with van der Waals surface area (Å²) < 4.78 is 62.0. The van der Waals surface area contributed by atoms with Gasteiger partial charge in [0, 0.05) is 31.6 Å². The zero-order chi connectivity index (χ0) is 18.4. The van der Waals surface area contributed by atoms with E-state index in [1.165, 1.54) is 12.1 Å². The largest absolute Gasteiger partial charge is 0.393 e. The maximum absolute atomic E-state index is 12.4. The summed E-state index contributed by atoms with van der Waals surface area (Å²) >= 11 is 0. The van der Waals surface area contributed by atoms with Crippen molar-refractivity contribution in [2.24, 2.45) is 5.92 Å². The highest BCUT2D eigenvalue weighted by molar-refractivity contribution is 7.92. The van der Waals surface area contributed by atoms with Crippen LogP contribution in [0.25, 0.3) is 0 Å². The smallest absolute Gasteiger partial charge is 0.305 e. The highest BCUT2D eigenvalue weighted by atomic mass is 32.2. The first-order chi connectivity index (χ1) is 11.5. The van der Waals surface area contributed by atoms with Crippen LogP contribution >= 0.6 is 0 Å². The molecule has 0 aromatic heterocycles. The lowest BCUT2D eigenvalue weighted by molar-refractivity contribution is -0.127. The van der Waals surface area contributed by atoms with Crippen molar-refractivity contribution in [3.05, 3.63) is 35.4 Å². The van der Waals surface area contributed by atoms with Crippen LogP contribution in [0.1, 0.15) is 11.1 Å². The average Bonchev–Trinajstić information content (AvgIpc) is 2.99. The molecular weight excluding hydrogens is 353 g/mol. The Morgan fingerprint density at radius 2 is 1.72 bits per heavy atom. The normalized spacial score (nSPS) is 29.3. The van der Waals surface area contributed by atoms with Crippen molar-refractivity contribution in [3.63, 3.8) is 0 Å². The van der Waals surface area contributed by atoms with Gasteiger partial charge in [-0.3, -0.25) is 4.90 Å². The van der Waals surface area contributed by atoms with Crippen LogP contribution in [0.2, 0.25) is 0 Å². The van der Waals surface area contributed by atoms with Gasteiger partial charge in [-0.1, -0.05) is 24.3 Å². The number of hydrogen-bond donors (Lipinski definition) is 0. The summed E-state index contributed by atoms with van der Waals surface area (Å²) in [4.78, 5) is 4.08. The number of likely N-dealkylation sites (tertiary alicyclic amines) is 1. The van der Waals surface area contributed by atoms with Gasteiger partial charge in [-0.05, 0) is 25.2 Å². The summed E-state index contributed by atoms with van der Waals surface area (Å²) in [5.41, 5.74) is 1.15. The molecule has 1 aromatic rings. The van der Waals surface area contributed by atoms with Gasteiger partial charge in [0.15, 0.2) is 9.84 Å². The summed E-state index contributed by atoms with van der Waals surface area (Å²) in [6.45, 7) is 1.77. The number of sulfone groups is 1. The van der Waals surface area contributed by atoms with E-state index in [1.54, 1.807) is 12.1 Å². The van der Waals surface area contributed by atoms with Crippen molar-refractivity contribution in [1.82, 2.24) is 9.80 Å². The first kappa shape index (κ1) is 18.7. The number of halogens is 3. The van der Waals surface area contributed by atoms with Gasteiger partial charge < -0.3 is 4.90 Å². The summed E-state index contributed by atoms with van der Waals surface area (Å²) in [5.74, 6) is 0.319. The Morgan fingerprint density at radius 1 is 1.12 bits per heavy atom. The molecule has 2 fully saturated rings. The molecule has 2 aliphatic heterocycles. The molecule has 1 aromatic carbocycles. The molecule has 3 atom stereocenters. The molecule has 140 valence electrons. The minimum Gasteiger partial charge on any atom is -0.305 e. The standard InChI is InChI=1S/C17H23F3N2O2S/c1-21(2)15-11-25(23,24)16-10-22(9-14(15)16)8-13-5-3-12(4-6-13)7-17(18,19)20/h3-6,14-16H,7-11H2,1-2H3/t14-,15+,16-/m0/s1. The van der Waals surface area contributed by atoms with E-state index < -0.39 is 22.4 Å². The van der Waals surface area contributed by atoms with E-state index in [1.807, 2.05) is 19.0 Å². The Labute approximate surface area is 146 Å². The fourth-order valence-electron chi connectivity index (χ4n) is 4.03. The summed E-state index contributed by atoms with van der Waals surface area (Å²) in [7, 11) is 0.736. The molecule has 0 spiro atoms. The molecule has 0 N–H and O–H groups in total. The zero-order valence-corrected chi connectivity index (χ0v) is 15.1. The van der Waals surface area contributed by atoms with Crippen LogP contribution in [-0.2, 0) is 22.8 Å². The molecule has 0 amide bonds. The lowest BCUT2D eigenvalue weighted by atomic mass is 10.00. The van der Waals surface area contributed by atoms with E-state index in [4.69, 9.17) is 0 Å². The Balaban J connectivity index is 1.65. The van der Waals surface area contributed by atoms with E-state index in [9.17, 15) is 21.6 Å². The number of alkyl halides is 3. The van der Waals surface area contributed by atoms with E-state index in [0.717, 1.165) is 5.56 Å². The van der Waals surface area contributed by atoms with Crippen molar-refractivity contribution in [2.45, 2.75) is 30.4 Å². The van der Waals surface area contributed by atoms with E-state index >= 15 is 0 Å². The number of nitrogens with zero attached hydrogens (tertiary/aromatic N) is 2. The molecule has 0 bridgehead atoms. The fourth-order valence-corrected chi connectivity index (χ4v) is 6.53. The Morgan fingerprint density at radius 3 is 2.28 bits per heavy atom. The monoisotopic (exact) mass is 376 g/mol. The molecule has 2 saturated heterocycles. The van der Waals surface area contributed by atoms with Crippen molar-refractivity contribution in [1.29, 1.82) is 0 Å². The van der Waals surface area contributed by atoms with Crippen molar-refractivity contribution >= 4 is 9.84 Å². The lowest BCUT2D eigenvalue weighted by Gasteiger charge is -2.25. The van der Waals surface area contributed by atoms with Gasteiger partial charge in [-0.25, -0.2) is 8.42 Å². The molecule has 8 heteroatoms. The quantitative estimate of drug-likeness (QED) is 0.806. The molecule has 0 unspecified atom stereocenters. The summed E-state index contributed by atoms with van der Waals surface area (Å²) in [6.07, 6.45) is -5.13. The number of hydrogen-bond acceptors (Lipinski definition) is 4. The van der Waals surface area contributed by atoms with Crippen molar-refractivity contribution < 1.29 is 21.6 Å². The molecule has 0 saturated carbocycles. The van der Waals surface area contributed by atoms with Gasteiger partial charge in [0.2, 0.25) is 0 Å². The molecule has 25 heavy (non-hydrogen) atoms. The predicted molar refractivity (Wildman–Crippen MR) is 90.0 cm³/mol. The Bertz CT molecular complexity index is 716. The molecule has 3 rings (SSSR count). The van der Waals surface area contributed by atoms with Crippen LogP contribution in [0.4, 0.5) is 13.2 Å². The van der Waals surface area contributed by atoms with Gasteiger partial charge >= 0.3 is 6.18 Å². The topological polar surface area (TPSA) is 40.6 Å². The average molecular weight is 376 g/mol. The van der Waals surface area contributed by atoms with Crippen LogP contribution in [-0.4, -0.2) is 68.6 Å². The van der Waals surface area contributed by atoms with Crippen LogP contribution in [0.3, 0.4) is 0 Å². The summed E-state index contributed by atoms with van der Waals surface area (Å²) in [6, 6.07) is 6.44. The van der Waals surface area contributed by atoms with Crippen molar-refractivity contribution in [2.75, 3.05) is 32.9 Å². The van der Waals surface area contributed by atoms with Gasteiger partial charge in [-0.2, -0.15) is 13.2 Å². The maximum atomic E-state index is 12.4. The van der Waals surface area contributed by atoms with E-state index in [0.29, 0.717) is 19.6 Å². The third kappa shape index (κ3) is 4.17. The van der Waals surface area contributed by atoms with E-state index in [-0.39, 0.29) is 28.5 Å². The molecule has 0 aliphatic carbocycles. The highest BCUT2D eigenvalue weighted by Crippen LogP contribution is 2.36. The number of benzene rings is 1. The van der Waals surface area contributed by atoms with Crippen LogP contribution in [0.5, 0.6) is 0 Å². The first-order valence-electron chi connectivity index (χ1n) is 8.30. The second-order valence-electron chi connectivity index (χ2n) is 7.37. The van der Waals surface area contributed by atoms with Gasteiger partial charge in [0.25, 0.3) is 0 Å². The fraction of sp³-hybridized carbons (Fsp3) is 0.647. The molecule has 2 heterocycles. The van der Waals surface area contributed by atoms with Crippen LogP contribution in [0.15, 0.2) is 24.3 Å². The van der Waals surface area contributed by atoms with Crippen LogP contribution < -0.4 is 0 Å². The SMILES string of the molecule is CN(C)[C@@H]1CS(=O)(=O)[C@H]2CN(Cc3ccc(CC(F)(F)F)cc3)C[C@@H]12. The number of rotatable bonds is 4. The highest BCUT2D eigenvalue weighted by Gasteiger charge is 2.52. The molecule has 4 nitrogen and oxygen atoms in total. The first-order valence-corrected chi connectivity index (χ1v) is 10.0.